The highest BCUT2D eigenvalue weighted by atomic mass is 32.2. The van der Waals surface area contributed by atoms with Crippen molar-refractivity contribution >= 4 is 15.7 Å². The van der Waals surface area contributed by atoms with Crippen LogP contribution in [-0.2, 0) is 25.5 Å². The van der Waals surface area contributed by atoms with Crippen molar-refractivity contribution in [2.24, 2.45) is 0 Å². The Balaban J connectivity index is 2.38. The van der Waals surface area contributed by atoms with Crippen LogP contribution in [0, 0.1) is 0 Å². The molecule has 11 heteroatoms. The number of halogens is 3. The van der Waals surface area contributed by atoms with Gasteiger partial charge in [-0.3, -0.25) is 0 Å². The van der Waals surface area contributed by atoms with Crippen molar-refractivity contribution in [3.8, 4) is 0 Å². The van der Waals surface area contributed by atoms with Crippen LogP contribution >= 0.6 is 0 Å². The van der Waals surface area contributed by atoms with Crippen molar-refractivity contribution < 1.29 is 31.1 Å². The van der Waals surface area contributed by atoms with Crippen LogP contribution in [0.3, 0.4) is 0 Å². The van der Waals surface area contributed by atoms with E-state index in [0.717, 1.165) is 6.26 Å². The SMILES string of the molecule is CO[C@@H]1COC[C@@H]1Nc1cc(C(F)(F)F)nc(S(C)(=O)=O)n1. The molecule has 0 radical (unpaired) electrons. The molecule has 124 valence electrons. The lowest BCUT2D eigenvalue weighted by molar-refractivity contribution is -0.141. The number of rotatable bonds is 4. The molecule has 0 spiro atoms. The van der Waals surface area contributed by atoms with Gasteiger partial charge in [-0.25, -0.2) is 18.4 Å². The van der Waals surface area contributed by atoms with Gasteiger partial charge in [0.15, 0.2) is 5.69 Å². The summed E-state index contributed by atoms with van der Waals surface area (Å²) < 4.78 is 71.7. The molecule has 1 aliphatic heterocycles. The summed E-state index contributed by atoms with van der Waals surface area (Å²) in [5.41, 5.74) is -1.33. The molecule has 2 atom stereocenters. The van der Waals surface area contributed by atoms with Gasteiger partial charge in [-0.15, -0.1) is 0 Å². The van der Waals surface area contributed by atoms with E-state index in [-0.39, 0.29) is 25.1 Å². The largest absolute Gasteiger partial charge is 0.433 e. The molecule has 22 heavy (non-hydrogen) atoms. The molecule has 1 aromatic heterocycles. The van der Waals surface area contributed by atoms with Gasteiger partial charge in [0.05, 0.1) is 19.3 Å². The van der Waals surface area contributed by atoms with Gasteiger partial charge in [-0.2, -0.15) is 13.2 Å². The Morgan fingerprint density at radius 2 is 2.05 bits per heavy atom. The monoisotopic (exact) mass is 341 g/mol. The van der Waals surface area contributed by atoms with Crippen molar-refractivity contribution in [3.05, 3.63) is 11.8 Å². The highest BCUT2D eigenvalue weighted by molar-refractivity contribution is 7.90. The molecular formula is C11H14F3N3O4S. The van der Waals surface area contributed by atoms with Crippen LogP contribution in [0.2, 0.25) is 0 Å². The minimum absolute atomic E-state index is 0.206. The topological polar surface area (TPSA) is 90.4 Å². The van der Waals surface area contributed by atoms with Crippen LogP contribution in [0.5, 0.6) is 0 Å². The fourth-order valence-corrected chi connectivity index (χ4v) is 2.43. The molecule has 7 nitrogen and oxygen atoms in total. The number of sulfone groups is 1. The average Bonchev–Trinajstić information content (AvgIpc) is 2.83. The summed E-state index contributed by atoms with van der Waals surface area (Å²) >= 11 is 0. The molecule has 0 aliphatic carbocycles. The first-order valence-corrected chi connectivity index (χ1v) is 8.04. The molecule has 0 bridgehead atoms. The van der Waals surface area contributed by atoms with Crippen molar-refractivity contribution in [2.45, 2.75) is 23.5 Å². The van der Waals surface area contributed by atoms with Crippen molar-refractivity contribution in [2.75, 3.05) is 31.9 Å². The molecule has 0 saturated carbocycles. The van der Waals surface area contributed by atoms with Gasteiger partial charge in [0.2, 0.25) is 15.0 Å². The van der Waals surface area contributed by atoms with Gasteiger partial charge in [0, 0.05) is 19.4 Å². The van der Waals surface area contributed by atoms with Gasteiger partial charge in [-0.1, -0.05) is 0 Å². The Kier molecular flexibility index (Phi) is 4.59. The minimum Gasteiger partial charge on any atom is -0.377 e. The summed E-state index contributed by atoms with van der Waals surface area (Å²) in [5.74, 6) is -0.250. The average molecular weight is 341 g/mol. The molecule has 1 fully saturated rings. The summed E-state index contributed by atoms with van der Waals surface area (Å²) in [5, 5.41) is 1.81. The maximum absolute atomic E-state index is 12.8. The third-order valence-corrected chi connectivity index (χ3v) is 3.84. The molecular weight excluding hydrogens is 327 g/mol. The Morgan fingerprint density at radius 1 is 1.36 bits per heavy atom. The highest BCUT2D eigenvalue weighted by Gasteiger charge is 2.36. The number of hydrogen-bond acceptors (Lipinski definition) is 7. The molecule has 0 amide bonds. The molecule has 0 unspecified atom stereocenters. The second-order valence-electron chi connectivity index (χ2n) is 4.75. The standard InChI is InChI=1S/C11H14F3N3O4S/c1-20-7-5-21-4-6(7)15-9-3-8(11(12,13)14)16-10(17-9)22(2,18)19/h3,6-7H,4-5H2,1-2H3,(H,15,16,17)/t6-,7+/m0/s1. The lowest BCUT2D eigenvalue weighted by atomic mass is 10.2. The maximum Gasteiger partial charge on any atom is 0.433 e. The highest BCUT2D eigenvalue weighted by Crippen LogP contribution is 2.30. The van der Waals surface area contributed by atoms with Crippen LogP contribution in [-0.4, -0.2) is 57.1 Å². The number of anilines is 1. The summed E-state index contributed by atoms with van der Waals surface area (Å²) in [6.45, 7) is 0.488. The van der Waals surface area contributed by atoms with Crippen molar-refractivity contribution in [1.29, 1.82) is 0 Å². The van der Waals surface area contributed by atoms with Gasteiger partial charge in [0.1, 0.15) is 11.9 Å². The molecule has 1 aliphatic rings. The first-order chi connectivity index (χ1) is 10.1. The predicted molar refractivity (Wildman–Crippen MR) is 69.2 cm³/mol. The zero-order valence-corrected chi connectivity index (χ0v) is 12.5. The second-order valence-corrected chi connectivity index (χ2v) is 6.66. The second kappa shape index (κ2) is 5.97. The Bertz CT molecular complexity index is 650. The van der Waals surface area contributed by atoms with E-state index >= 15 is 0 Å². The third-order valence-electron chi connectivity index (χ3n) is 2.99. The van der Waals surface area contributed by atoms with E-state index in [0.29, 0.717) is 6.07 Å². The lowest BCUT2D eigenvalue weighted by Crippen LogP contribution is -2.34. The van der Waals surface area contributed by atoms with Crippen LogP contribution < -0.4 is 5.32 Å². The number of methoxy groups -OCH3 is 1. The Labute approximate surface area is 124 Å². The van der Waals surface area contributed by atoms with E-state index in [1.807, 2.05) is 0 Å². The Hall–Kier alpha value is -1.46. The lowest BCUT2D eigenvalue weighted by Gasteiger charge is -2.19. The molecule has 1 aromatic rings. The van der Waals surface area contributed by atoms with Gasteiger partial charge >= 0.3 is 6.18 Å². The first-order valence-electron chi connectivity index (χ1n) is 6.14. The fraction of sp³-hybridized carbons (Fsp3) is 0.636. The number of alkyl halides is 3. The molecule has 2 rings (SSSR count). The van der Waals surface area contributed by atoms with E-state index in [1.165, 1.54) is 7.11 Å². The third kappa shape index (κ3) is 3.84. The molecule has 2 heterocycles. The summed E-state index contributed by atoms with van der Waals surface area (Å²) in [6.07, 6.45) is -4.42. The van der Waals surface area contributed by atoms with Crippen LogP contribution in [0.4, 0.5) is 19.0 Å². The van der Waals surface area contributed by atoms with E-state index in [9.17, 15) is 21.6 Å². The fourth-order valence-electron chi connectivity index (χ4n) is 1.90. The van der Waals surface area contributed by atoms with E-state index in [1.54, 1.807) is 0 Å². The smallest absolute Gasteiger partial charge is 0.377 e. The van der Waals surface area contributed by atoms with Crippen molar-refractivity contribution in [1.82, 2.24) is 9.97 Å². The minimum atomic E-state index is -4.79. The number of nitrogens with zero attached hydrogens (tertiary/aromatic N) is 2. The molecule has 1 N–H and O–H groups in total. The van der Waals surface area contributed by atoms with Crippen LogP contribution in [0.1, 0.15) is 5.69 Å². The zero-order valence-electron chi connectivity index (χ0n) is 11.7. The summed E-state index contributed by atoms with van der Waals surface area (Å²) in [6, 6.07) is 0.216. The van der Waals surface area contributed by atoms with Gasteiger partial charge in [-0.05, 0) is 0 Å². The van der Waals surface area contributed by atoms with E-state index in [2.05, 4.69) is 15.3 Å². The number of aromatic nitrogens is 2. The predicted octanol–water partition coefficient (Wildman–Crippen LogP) is 0.725. The number of nitrogens with one attached hydrogen (secondary N) is 1. The van der Waals surface area contributed by atoms with Gasteiger partial charge in [0.25, 0.3) is 0 Å². The number of hydrogen-bond donors (Lipinski definition) is 1. The normalized spacial score (nSPS) is 22.8. The van der Waals surface area contributed by atoms with Crippen LogP contribution in [0.25, 0.3) is 0 Å². The summed E-state index contributed by atoms with van der Waals surface area (Å²) in [7, 11) is -2.54. The zero-order chi connectivity index (χ0) is 16.5. The van der Waals surface area contributed by atoms with Gasteiger partial charge < -0.3 is 14.8 Å². The first kappa shape index (κ1) is 16.9. The molecule has 0 aromatic carbocycles. The van der Waals surface area contributed by atoms with E-state index < -0.39 is 32.9 Å². The van der Waals surface area contributed by atoms with Crippen molar-refractivity contribution in [3.63, 3.8) is 0 Å². The van der Waals surface area contributed by atoms with E-state index in [4.69, 9.17) is 9.47 Å². The quantitative estimate of drug-likeness (QED) is 0.807. The summed E-state index contributed by atoms with van der Waals surface area (Å²) in [4.78, 5) is 6.69. The Morgan fingerprint density at radius 3 is 2.59 bits per heavy atom. The van der Waals surface area contributed by atoms with Crippen LogP contribution in [0.15, 0.2) is 11.2 Å². The number of ether oxygens (including phenoxy) is 2. The maximum atomic E-state index is 12.8. The molecule has 1 saturated heterocycles.